The fourth-order valence-electron chi connectivity index (χ4n) is 1.31. The van der Waals surface area contributed by atoms with Gasteiger partial charge < -0.3 is 20.5 Å². The number of alkyl halides is 2. The molecule has 1 saturated heterocycles. The van der Waals surface area contributed by atoms with Crippen LogP contribution in [0.5, 0.6) is 0 Å². The third-order valence-corrected chi connectivity index (χ3v) is 2.19. The van der Waals surface area contributed by atoms with E-state index in [1.54, 1.807) is 0 Å². The maximum atomic E-state index is 12.6. The fraction of sp³-hybridized carbons (Fsp3) is 0.889. The zero-order valence-corrected chi connectivity index (χ0v) is 8.84. The molecular formula is C9H16F2N2O3. The standard InChI is InChI=1S/C9H16F2N2O3/c10-9(11,6-14)5-13-8(15)3-7-4-12-1-2-16-7/h7,12,14H,1-6H2,(H,13,15). The smallest absolute Gasteiger partial charge is 0.287 e. The van der Waals surface area contributed by atoms with Crippen LogP contribution in [0, 0.1) is 0 Å². The molecule has 0 aromatic rings. The highest BCUT2D eigenvalue weighted by Gasteiger charge is 2.28. The Hall–Kier alpha value is -0.790. The second-order valence-corrected chi connectivity index (χ2v) is 3.69. The molecule has 3 N–H and O–H groups in total. The molecule has 0 aromatic heterocycles. The third-order valence-electron chi connectivity index (χ3n) is 2.19. The molecule has 1 aliphatic heterocycles. The van der Waals surface area contributed by atoms with Crippen molar-refractivity contribution in [2.75, 3.05) is 32.8 Å². The molecule has 1 heterocycles. The first-order valence-electron chi connectivity index (χ1n) is 5.11. The van der Waals surface area contributed by atoms with Crippen LogP contribution in [0.4, 0.5) is 8.78 Å². The summed E-state index contributed by atoms with van der Waals surface area (Å²) in [5, 5.41) is 13.4. The van der Waals surface area contributed by atoms with Gasteiger partial charge in [0, 0.05) is 13.1 Å². The molecule has 1 atom stereocenters. The fourth-order valence-corrected chi connectivity index (χ4v) is 1.31. The topological polar surface area (TPSA) is 70.6 Å². The van der Waals surface area contributed by atoms with Crippen LogP contribution >= 0.6 is 0 Å². The molecule has 16 heavy (non-hydrogen) atoms. The van der Waals surface area contributed by atoms with Gasteiger partial charge in [0.1, 0.15) is 6.61 Å². The van der Waals surface area contributed by atoms with E-state index in [9.17, 15) is 13.6 Å². The maximum absolute atomic E-state index is 12.6. The minimum Gasteiger partial charge on any atom is -0.390 e. The van der Waals surface area contributed by atoms with E-state index in [2.05, 4.69) is 10.6 Å². The second kappa shape index (κ2) is 6.07. The van der Waals surface area contributed by atoms with Crippen molar-refractivity contribution in [2.45, 2.75) is 18.4 Å². The zero-order valence-electron chi connectivity index (χ0n) is 8.84. The maximum Gasteiger partial charge on any atom is 0.287 e. The van der Waals surface area contributed by atoms with Gasteiger partial charge in [-0.05, 0) is 0 Å². The largest absolute Gasteiger partial charge is 0.390 e. The van der Waals surface area contributed by atoms with Crippen molar-refractivity contribution in [2.24, 2.45) is 0 Å². The van der Waals surface area contributed by atoms with Crippen molar-refractivity contribution >= 4 is 5.91 Å². The van der Waals surface area contributed by atoms with Gasteiger partial charge in [-0.25, -0.2) is 8.78 Å². The number of morpholine rings is 1. The Bertz CT molecular complexity index is 233. The molecule has 0 radical (unpaired) electrons. The van der Waals surface area contributed by atoms with Crippen LogP contribution in [0.1, 0.15) is 6.42 Å². The van der Waals surface area contributed by atoms with E-state index in [4.69, 9.17) is 9.84 Å². The Morgan fingerprint density at radius 2 is 2.38 bits per heavy atom. The molecule has 7 heteroatoms. The van der Waals surface area contributed by atoms with Crippen molar-refractivity contribution < 1.29 is 23.4 Å². The predicted octanol–water partition coefficient (Wildman–Crippen LogP) is -0.891. The lowest BCUT2D eigenvalue weighted by atomic mass is 10.2. The number of aliphatic hydroxyl groups is 1. The van der Waals surface area contributed by atoms with Gasteiger partial charge >= 0.3 is 0 Å². The number of carbonyl (C=O) groups excluding carboxylic acids is 1. The van der Waals surface area contributed by atoms with E-state index in [0.717, 1.165) is 6.54 Å². The number of hydrogen-bond acceptors (Lipinski definition) is 4. The summed E-state index contributed by atoms with van der Waals surface area (Å²) in [6.07, 6.45) is -0.217. The molecule has 1 unspecified atom stereocenters. The summed E-state index contributed by atoms with van der Waals surface area (Å²) in [4.78, 5) is 11.2. The molecule has 0 spiro atoms. The lowest BCUT2D eigenvalue weighted by molar-refractivity contribution is -0.127. The van der Waals surface area contributed by atoms with Crippen LogP contribution in [0.25, 0.3) is 0 Å². The lowest BCUT2D eigenvalue weighted by Gasteiger charge is -2.23. The van der Waals surface area contributed by atoms with Crippen molar-refractivity contribution in [1.82, 2.24) is 10.6 Å². The van der Waals surface area contributed by atoms with E-state index in [-0.39, 0.29) is 12.5 Å². The highest BCUT2D eigenvalue weighted by atomic mass is 19.3. The highest BCUT2D eigenvalue weighted by Crippen LogP contribution is 2.10. The summed E-state index contributed by atoms with van der Waals surface area (Å²) in [5.41, 5.74) is 0. The van der Waals surface area contributed by atoms with Crippen LogP contribution in [-0.4, -0.2) is 55.9 Å². The predicted molar refractivity (Wildman–Crippen MR) is 52.3 cm³/mol. The van der Waals surface area contributed by atoms with E-state index >= 15 is 0 Å². The van der Waals surface area contributed by atoms with Gasteiger partial charge in [0.05, 0.1) is 25.7 Å². The monoisotopic (exact) mass is 238 g/mol. The molecule has 0 bridgehead atoms. The van der Waals surface area contributed by atoms with Crippen LogP contribution < -0.4 is 10.6 Å². The molecule has 0 aliphatic carbocycles. The summed E-state index contributed by atoms with van der Waals surface area (Å²) in [6, 6.07) is 0. The van der Waals surface area contributed by atoms with Crippen molar-refractivity contribution in [3.8, 4) is 0 Å². The molecule has 0 aromatic carbocycles. The van der Waals surface area contributed by atoms with Crippen LogP contribution in [0.3, 0.4) is 0 Å². The Labute approximate surface area is 92.2 Å². The van der Waals surface area contributed by atoms with Crippen molar-refractivity contribution in [3.63, 3.8) is 0 Å². The van der Waals surface area contributed by atoms with E-state index in [1.807, 2.05) is 0 Å². The van der Waals surface area contributed by atoms with E-state index < -0.39 is 25.0 Å². The van der Waals surface area contributed by atoms with E-state index in [1.165, 1.54) is 0 Å². The van der Waals surface area contributed by atoms with Gasteiger partial charge in [-0.1, -0.05) is 0 Å². The number of aliphatic hydroxyl groups excluding tert-OH is 1. The zero-order chi connectivity index (χ0) is 12.0. The van der Waals surface area contributed by atoms with E-state index in [0.29, 0.717) is 13.2 Å². The van der Waals surface area contributed by atoms with Crippen molar-refractivity contribution in [3.05, 3.63) is 0 Å². The second-order valence-electron chi connectivity index (χ2n) is 3.69. The third kappa shape index (κ3) is 4.82. The summed E-state index contributed by atoms with van der Waals surface area (Å²) in [7, 11) is 0. The van der Waals surface area contributed by atoms with Gasteiger partial charge in [-0.3, -0.25) is 4.79 Å². The minimum atomic E-state index is -3.26. The Balaban J connectivity index is 2.19. The Morgan fingerprint density at radius 3 is 2.94 bits per heavy atom. The normalized spacial score (nSPS) is 21.8. The average molecular weight is 238 g/mol. The highest BCUT2D eigenvalue weighted by molar-refractivity contribution is 5.76. The van der Waals surface area contributed by atoms with Gasteiger partial charge in [0.15, 0.2) is 0 Å². The first-order valence-corrected chi connectivity index (χ1v) is 5.11. The number of hydrogen-bond donors (Lipinski definition) is 3. The van der Waals surface area contributed by atoms with Gasteiger partial charge in [-0.2, -0.15) is 0 Å². The Kier molecular flexibility index (Phi) is 5.04. The minimum absolute atomic E-state index is 0.0501. The molecule has 1 amide bonds. The molecule has 5 nitrogen and oxygen atoms in total. The van der Waals surface area contributed by atoms with Gasteiger partial charge in [-0.15, -0.1) is 0 Å². The molecule has 94 valence electrons. The quantitative estimate of drug-likeness (QED) is 0.581. The van der Waals surface area contributed by atoms with Crippen LogP contribution in [0.2, 0.25) is 0 Å². The van der Waals surface area contributed by atoms with Crippen LogP contribution in [-0.2, 0) is 9.53 Å². The van der Waals surface area contributed by atoms with Crippen LogP contribution in [0.15, 0.2) is 0 Å². The number of amides is 1. The first kappa shape index (κ1) is 13.3. The van der Waals surface area contributed by atoms with Gasteiger partial charge in [0.2, 0.25) is 5.91 Å². The molecule has 1 aliphatic rings. The van der Waals surface area contributed by atoms with Crippen molar-refractivity contribution in [1.29, 1.82) is 0 Å². The first-order chi connectivity index (χ1) is 7.53. The summed E-state index contributed by atoms with van der Waals surface area (Å²) < 4.78 is 30.4. The van der Waals surface area contributed by atoms with Gasteiger partial charge in [0.25, 0.3) is 5.92 Å². The average Bonchev–Trinajstić information content (AvgIpc) is 2.28. The molecule has 1 rings (SSSR count). The number of halogens is 2. The number of carbonyl (C=O) groups is 1. The lowest BCUT2D eigenvalue weighted by Crippen LogP contribution is -2.44. The molecule has 0 saturated carbocycles. The Morgan fingerprint density at radius 1 is 1.62 bits per heavy atom. The summed E-state index contributed by atoms with van der Waals surface area (Å²) >= 11 is 0. The number of nitrogens with one attached hydrogen (secondary N) is 2. The summed E-state index contributed by atoms with van der Waals surface area (Å²) in [5.74, 6) is -3.76. The summed E-state index contributed by atoms with van der Waals surface area (Å²) in [6.45, 7) is -0.313. The molecule has 1 fully saturated rings. The SMILES string of the molecule is O=C(CC1CNCCO1)NCC(F)(F)CO. The molecular weight excluding hydrogens is 222 g/mol. The number of rotatable bonds is 5. The number of ether oxygens (including phenoxy) is 1.